The molecule has 0 radical (unpaired) electrons. The van der Waals surface area contributed by atoms with E-state index in [2.05, 4.69) is 4.98 Å². The largest absolute Gasteiger partial charge is 0.333 e. The quantitative estimate of drug-likeness (QED) is 0.566. The van der Waals surface area contributed by atoms with Crippen LogP contribution in [0, 0.1) is 0 Å². The highest BCUT2D eigenvalue weighted by molar-refractivity contribution is 6.03. The highest BCUT2D eigenvalue weighted by Gasteiger charge is 2.08. The van der Waals surface area contributed by atoms with Gasteiger partial charge < -0.3 is 9.13 Å². The van der Waals surface area contributed by atoms with Gasteiger partial charge in [-0.05, 0) is 17.5 Å². The van der Waals surface area contributed by atoms with Crippen LogP contribution in [0.25, 0.3) is 21.8 Å². The predicted molar refractivity (Wildman–Crippen MR) is 63.5 cm³/mol. The van der Waals surface area contributed by atoms with Crippen molar-refractivity contribution in [1.29, 1.82) is 0 Å². The SMILES string of the molecule is Cn1ccc2ccc3ncn(C)c3c2c1=O. The summed E-state index contributed by atoms with van der Waals surface area (Å²) < 4.78 is 3.48. The van der Waals surface area contributed by atoms with E-state index < -0.39 is 0 Å². The van der Waals surface area contributed by atoms with Gasteiger partial charge >= 0.3 is 0 Å². The minimum Gasteiger partial charge on any atom is -0.333 e. The van der Waals surface area contributed by atoms with E-state index in [-0.39, 0.29) is 5.56 Å². The molecule has 0 unspecified atom stereocenters. The second kappa shape index (κ2) is 2.95. The third-order valence-corrected chi connectivity index (χ3v) is 2.92. The summed E-state index contributed by atoms with van der Waals surface area (Å²) in [5, 5.41) is 1.70. The lowest BCUT2D eigenvalue weighted by Crippen LogP contribution is -2.16. The molecular weight excluding hydrogens is 202 g/mol. The molecule has 0 spiro atoms. The van der Waals surface area contributed by atoms with Crippen molar-refractivity contribution in [1.82, 2.24) is 14.1 Å². The van der Waals surface area contributed by atoms with Gasteiger partial charge in [0.25, 0.3) is 5.56 Å². The molecule has 0 amide bonds. The van der Waals surface area contributed by atoms with Crippen molar-refractivity contribution in [3.8, 4) is 0 Å². The van der Waals surface area contributed by atoms with Gasteiger partial charge in [-0.15, -0.1) is 0 Å². The van der Waals surface area contributed by atoms with E-state index in [1.54, 1.807) is 24.1 Å². The van der Waals surface area contributed by atoms with Crippen LogP contribution in [0.4, 0.5) is 0 Å². The molecule has 3 rings (SSSR count). The first-order valence-electron chi connectivity index (χ1n) is 5.08. The summed E-state index contributed by atoms with van der Waals surface area (Å²) in [6, 6.07) is 5.83. The molecule has 80 valence electrons. The molecule has 1 aromatic carbocycles. The summed E-state index contributed by atoms with van der Waals surface area (Å²) in [7, 11) is 3.66. The molecule has 4 nitrogen and oxygen atoms in total. The van der Waals surface area contributed by atoms with E-state index in [1.807, 2.05) is 29.8 Å². The first-order chi connectivity index (χ1) is 7.68. The fraction of sp³-hybridized carbons (Fsp3) is 0.167. The fourth-order valence-electron chi connectivity index (χ4n) is 2.06. The molecular formula is C12H11N3O. The molecule has 0 atom stereocenters. The van der Waals surface area contributed by atoms with Crippen molar-refractivity contribution in [2.45, 2.75) is 0 Å². The molecule has 0 aliphatic heterocycles. The van der Waals surface area contributed by atoms with E-state index in [0.717, 1.165) is 21.8 Å². The van der Waals surface area contributed by atoms with Gasteiger partial charge in [-0.2, -0.15) is 0 Å². The monoisotopic (exact) mass is 213 g/mol. The molecule has 0 aliphatic carbocycles. The van der Waals surface area contributed by atoms with Crippen molar-refractivity contribution in [3.05, 3.63) is 41.1 Å². The van der Waals surface area contributed by atoms with Gasteiger partial charge in [0, 0.05) is 20.3 Å². The Morgan fingerprint density at radius 2 is 1.94 bits per heavy atom. The fourth-order valence-corrected chi connectivity index (χ4v) is 2.06. The van der Waals surface area contributed by atoms with E-state index in [1.165, 1.54) is 0 Å². The number of aryl methyl sites for hydroxylation is 2. The second-order valence-electron chi connectivity index (χ2n) is 3.98. The number of nitrogens with zero attached hydrogens (tertiary/aromatic N) is 3. The predicted octanol–water partition coefficient (Wildman–Crippen LogP) is 1.43. The molecule has 0 N–H and O–H groups in total. The van der Waals surface area contributed by atoms with Gasteiger partial charge in [0.05, 0.1) is 22.7 Å². The van der Waals surface area contributed by atoms with Gasteiger partial charge in [-0.1, -0.05) is 6.07 Å². The van der Waals surface area contributed by atoms with Gasteiger partial charge in [0.2, 0.25) is 0 Å². The minimum absolute atomic E-state index is 0.0201. The van der Waals surface area contributed by atoms with Crippen LogP contribution in [-0.2, 0) is 14.1 Å². The van der Waals surface area contributed by atoms with Crippen molar-refractivity contribution in [3.63, 3.8) is 0 Å². The average molecular weight is 213 g/mol. The number of rotatable bonds is 0. The summed E-state index contributed by atoms with van der Waals surface area (Å²) in [5.41, 5.74) is 1.78. The Hall–Kier alpha value is -2.10. The zero-order chi connectivity index (χ0) is 11.3. The Morgan fingerprint density at radius 3 is 2.75 bits per heavy atom. The topological polar surface area (TPSA) is 39.8 Å². The number of imidazole rings is 1. The lowest BCUT2D eigenvalue weighted by Gasteiger charge is -2.03. The van der Waals surface area contributed by atoms with Crippen molar-refractivity contribution in [2.75, 3.05) is 0 Å². The van der Waals surface area contributed by atoms with Crippen LogP contribution in [0.5, 0.6) is 0 Å². The van der Waals surface area contributed by atoms with Gasteiger partial charge in [0.1, 0.15) is 0 Å². The van der Waals surface area contributed by atoms with Crippen LogP contribution < -0.4 is 5.56 Å². The van der Waals surface area contributed by atoms with Crippen LogP contribution >= 0.6 is 0 Å². The normalized spacial score (nSPS) is 11.4. The molecule has 16 heavy (non-hydrogen) atoms. The Balaban J connectivity index is 2.73. The molecule has 2 aromatic heterocycles. The standard InChI is InChI=1S/C12H11N3O/c1-14-6-5-8-3-4-9-11(10(8)12(14)16)15(2)7-13-9/h3-7H,1-2H3. The molecule has 0 aliphatic rings. The molecule has 2 heterocycles. The summed E-state index contributed by atoms with van der Waals surface area (Å²) in [6.07, 6.45) is 3.52. The Kier molecular flexibility index (Phi) is 1.68. The zero-order valence-electron chi connectivity index (χ0n) is 9.14. The zero-order valence-corrected chi connectivity index (χ0v) is 9.14. The third kappa shape index (κ3) is 1.04. The smallest absolute Gasteiger partial charge is 0.260 e. The first kappa shape index (κ1) is 9.15. The van der Waals surface area contributed by atoms with E-state index in [4.69, 9.17) is 0 Å². The number of benzene rings is 1. The summed E-state index contributed by atoms with van der Waals surface area (Å²) >= 11 is 0. The van der Waals surface area contributed by atoms with Gasteiger partial charge in [-0.3, -0.25) is 4.79 Å². The Labute approximate surface area is 91.8 Å². The van der Waals surface area contributed by atoms with Gasteiger partial charge in [0.15, 0.2) is 0 Å². The summed E-state index contributed by atoms with van der Waals surface area (Å²) in [4.78, 5) is 16.4. The molecule has 0 fully saturated rings. The summed E-state index contributed by atoms with van der Waals surface area (Å²) in [5.74, 6) is 0. The first-order valence-corrected chi connectivity index (χ1v) is 5.08. The Morgan fingerprint density at radius 1 is 1.12 bits per heavy atom. The Bertz CT molecular complexity index is 752. The average Bonchev–Trinajstić information content (AvgIpc) is 2.66. The van der Waals surface area contributed by atoms with Crippen LogP contribution in [-0.4, -0.2) is 14.1 Å². The lowest BCUT2D eigenvalue weighted by atomic mass is 10.1. The molecule has 0 saturated carbocycles. The molecule has 0 saturated heterocycles. The minimum atomic E-state index is 0.0201. The number of fused-ring (bicyclic) bond motifs is 3. The van der Waals surface area contributed by atoms with Crippen molar-refractivity contribution < 1.29 is 0 Å². The third-order valence-electron chi connectivity index (χ3n) is 2.92. The van der Waals surface area contributed by atoms with Crippen LogP contribution in [0.3, 0.4) is 0 Å². The lowest BCUT2D eigenvalue weighted by molar-refractivity contribution is 0.872. The molecule has 0 bridgehead atoms. The number of pyridine rings is 1. The number of hydrogen-bond acceptors (Lipinski definition) is 2. The maximum absolute atomic E-state index is 12.1. The maximum atomic E-state index is 12.1. The van der Waals surface area contributed by atoms with E-state index in [9.17, 15) is 4.79 Å². The number of aromatic nitrogens is 3. The maximum Gasteiger partial charge on any atom is 0.260 e. The molecule has 3 aromatic rings. The highest BCUT2D eigenvalue weighted by Crippen LogP contribution is 2.20. The van der Waals surface area contributed by atoms with E-state index in [0.29, 0.717) is 0 Å². The van der Waals surface area contributed by atoms with Crippen LogP contribution in [0.2, 0.25) is 0 Å². The number of hydrogen-bond donors (Lipinski definition) is 0. The van der Waals surface area contributed by atoms with Crippen LogP contribution in [0.15, 0.2) is 35.5 Å². The van der Waals surface area contributed by atoms with Crippen LogP contribution in [0.1, 0.15) is 0 Å². The van der Waals surface area contributed by atoms with E-state index >= 15 is 0 Å². The second-order valence-corrected chi connectivity index (χ2v) is 3.98. The van der Waals surface area contributed by atoms with Gasteiger partial charge in [-0.25, -0.2) is 4.98 Å². The molecule has 4 heteroatoms. The van der Waals surface area contributed by atoms with Crippen molar-refractivity contribution in [2.24, 2.45) is 14.1 Å². The summed E-state index contributed by atoms with van der Waals surface area (Å²) in [6.45, 7) is 0. The van der Waals surface area contributed by atoms with Crippen molar-refractivity contribution >= 4 is 21.8 Å². The highest BCUT2D eigenvalue weighted by atomic mass is 16.1.